The van der Waals surface area contributed by atoms with Gasteiger partial charge in [-0.1, -0.05) is 11.6 Å². The normalized spacial score (nSPS) is 9.36. The van der Waals surface area contributed by atoms with Crippen LogP contribution in [0.25, 0.3) is 0 Å². The minimum atomic E-state index is 0.641. The van der Waals surface area contributed by atoms with Gasteiger partial charge in [0, 0.05) is 11.1 Å². The van der Waals surface area contributed by atoms with E-state index in [1.54, 1.807) is 32.4 Å². The lowest BCUT2D eigenvalue weighted by molar-refractivity contribution is 0.355. The summed E-state index contributed by atoms with van der Waals surface area (Å²) in [4.78, 5) is 0. The Kier molecular flexibility index (Phi) is 2.60. The first-order chi connectivity index (χ1) is 5.27. The molecule has 0 aliphatic rings. The number of hydrogen-bond acceptors (Lipinski definition) is 2. The van der Waals surface area contributed by atoms with Crippen LogP contribution < -0.4 is 9.47 Å². The maximum atomic E-state index is 5.72. The van der Waals surface area contributed by atoms with Crippen LogP contribution in [0.15, 0.2) is 18.2 Å². The fraction of sp³-hybridized carbons (Fsp3) is 0.250. The molecule has 0 bridgehead atoms. The average molecular weight is 173 g/mol. The maximum absolute atomic E-state index is 5.72. The number of rotatable bonds is 2. The van der Waals surface area contributed by atoms with Gasteiger partial charge in [-0.05, 0) is 12.1 Å². The lowest BCUT2D eigenvalue weighted by atomic mass is 10.3. The van der Waals surface area contributed by atoms with Gasteiger partial charge in [0.15, 0.2) is 11.5 Å². The van der Waals surface area contributed by atoms with Crippen molar-refractivity contribution in [2.24, 2.45) is 0 Å². The van der Waals surface area contributed by atoms with Crippen LogP contribution in [0, 0.1) is 0 Å². The molecule has 0 aliphatic heterocycles. The fourth-order valence-corrected chi connectivity index (χ4v) is 0.972. The molecule has 0 heterocycles. The molecule has 1 aromatic carbocycles. The van der Waals surface area contributed by atoms with Crippen LogP contribution >= 0.6 is 11.6 Å². The standard InChI is InChI=1S/C8H9ClO2/c1-10-7-4-3-6(9)5-8(7)11-2/h3-5H,1-2H3. The van der Waals surface area contributed by atoms with Crippen molar-refractivity contribution in [2.75, 3.05) is 14.2 Å². The summed E-state index contributed by atoms with van der Waals surface area (Å²) < 4.78 is 10.0. The van der Waals surface area contributed by atoms with E-state index in [4.69, 9.17) is 21.1 Å². The lowest BCUT2D eigenvalue weighted by Crippen LogP contribution is -1.89. The zero-order chi connectivity index (χ0) is 8.27. The van der Waals surface area contributed by atoms with E-state index < -0.39 is 0 Å². The van der Waals surface area contributed by atoms with E-state index >= 15 is 0 Å². The second-order valence-electron chi connectivity index (χ2n) is 2.00. The van der Waals surface area contributed by atoms with Gasteiger partial charge < -0.3 is 9.47 Å². The number of ether oxygens (including phenoxy) is 2. The van der Waals surface area contributed by atoms with Crippen LogP contribution in [-0.4, -0.2) is 14.2 Å². The van der Waals surface area contributed by atoms with Gasteiger partial charge in [-0.3, -0.25) is 0 Å². The minimum absolute atomic E-state index is 0.641. The Bertz CT molecular complexity index is 248. The molecule has 0 fully saturated rings. The van der Waals surface area contributed by atoms with Gasteiger partial charge in [0.1, 0.15) is 0 Å². The molecular weight excluding hydrogens is 164 g/mol. The molecule has 0 saturated heterocycles. The predicted octanol–water partition coefficient (Wildman–Crippen LogP) is 2.36. The molecule has 3 heteroatoms. The summed E-state index contributed by atoms with van der Waals surface area (Å²) in [7, 11) is 3.17. The van der Waals surface area contributed by atoms with Gasteiger partial charge in [-0.15, -0.1) is 0 Å². The summed E-state index contributed by atoms with van der Waals surface area (Å²) in [5.41, 5.74) is 0. The maximum Gasteiger partial charge on any atom is 0.162 e. The summed E-state index contributed by atoms with van der Waals surface area (Å²) in [5, 5.41) is 0.641. The van der Waals surface area contributed by atoms with E-state index in [1.807, 2.05) is 0 Å². The van der Waals surface area contributed by atoms with Crippen LogP contribution in [0.2, 0.25) is 5.02 Å². The molecule has 60 valence electrons. The Morgan fingerprint density at radius 3 is 2.27 bits per heavy atom. The molecule has 11 heavy (non-hydrogen) atoms. The summed E-state index contributed by atoms with van der Waals surface area (Å²) >= 11 is 5.72. The van der Waals surface area contributed by atoms with E-state index in [0.29, 0.717) is 16.5 Å². The summed E-state index contributed by atoms with van der Waals surface area (Å²) in [6, 6.07) is 5.23. The van der Waals surface area contributed by atoms with Crippen LogP contribution in [0.3, 0.4) is 0 Å². The van der Waals surface area contributed by atoms with Crippen LogP contribution in [0.5, 0.6) is 11.5 Å². The Morgan fingerprint density at radius 2 is 1.73 bits per heavy atom. The second-order valence-corrected chi connectivity index (χ2v) is 2.44. The Hall–Kier alpha value is -0.890. The molecule has 0 aliphatic carbocycles. The van der Waals surface area contributed by atoms with E-state index in [1.165, 1.54) is 0 Å². The summed E-state index contributed by atoms with van der Waals surface area (Å²) in [6.07, 6.45) is 0. The molecule has 0 aromatic heterocycles. The molecule has 0 N–H and O–H groups in total. The average Bonchev–Trinajstić information content (AvgIpc) is 2.04. The zero-order valence-electron chi connectivity index (χ0n) is 6.43. The van der Waals surface area contributed by atoms with Crippen molar-refractivity contribution in [2.45, 2.75) is 0 Å². The molecule has 0 unspecified atom stereocenters. The van der Waals surface area contributed by atoms with E-state index in [-0.39, 0.29) is 0 Å². The Labute approximate surface area is 70.7 Å². The highest BCUT2D eigenvalue weighted by atomic mass is 35.5. The first-order valence-corrected chi connectivity index (χ1v) is 3.53. The van der Waals surface area contributed by atoms with Crippen molar-refractivity contribution < 1.29 is 9.47 Å². The molecule has 0 amide bonds. The first kappa shape index (κ1) is 8.21. The van der Waals surface area contributed by atoms with Gasteiger partial charge >= 0.3 is 0 Å². The van der Waals surface area contributed by atoms with Crippen molar-refractivity contribution in [3.8, 4) is 11.5 Å². The highest BCUT2D eigenvalue weighted by Gasteiger charge is 2.01. The van der Waals surface area contributed by atoms with E-state index in [2.05, 4.69) is 0 Å². The SMILES string of the molecule is COc1ccc(Cl)cc1OC. The third-order valence-electron chi connectivity index (χ3n) is 1.35. The van der Waals surface area contributed by atoms with Gasteiger partial charge in [-0.2, -0.15) is 0 Å². The molecule has 0 spiro atoms. The Morgan fingerprint density at radius 1 is 1.09 bits per heavy atom. The smallest absolute Gasteiger partial charge is 0.162 e. The van der Waals surface area contributed by atoms with Crippen LogP contribution in [0.4, 0.5) is 0 Å². The first-order valence-electron chi connectivity index (χ1n) is 3.15. The minimum Gasteiger partial charge on any atom is -0.493 e. The largest absolute Gasteiger partial charge is 0.493 e. The van der Waals surface area contributed by atoms with E-state index in [9.17, 15) is 0 Å². The Balaban J connectivity index is 3.06. The van der Waals surface area contributed by atoms with Gasteiger partial charge in [0.2, 0.25) is 0 Å². The summed E-state index contributed by atoms with van der Waals surface area (Å²) in [6.45, 7) is 0. The lowest BCUT2D eigenvalue weighted by Gasteiger charge is -2.06. The zero-order valence-corrected chi connectivity index (χ0v) is 7.18. The predicted molar refractivity (Wildman–Crippen MR) is 44.6 cm³/mol. The number of methoxy groups -OCH3 is 2. The van der Waals surface area contributed by atoms with Crippen molar-refractivity contribution in [1.82, 2.24) is 0 Å². The third-order valence-corrected chi connectivity index (χ3v) is 1.58. The van der Waals surface area contributed by atoms with Crippen LogP contribution in [-0.2, 0) is 0 Å². The number of benzene rings is 1. The molecule has 2 nitrogen and oxygen atoms in total. The highest BCUT2D eigenvalue weighted by Crippen LogP contribution is 2.29. The molecular formula is C8H9ClO2. The fourth-order valence-electron chi connectivity index (χ4n) is 0.810. The van der Waals surface area contributed by atoms with Crippen molar-refractivity contribution in [3.63, 3.8) is 0 Å². The topological polar surface area (TPSA) is 18.5 Å². The third kappa shape index (κ3) is 1.77. The highest BCUT2D eigenvalue weighted by molar-refractivity contribution is 6.30. The molecule has 0 atom stereocenters. The molecule has 0 saturated carbocycles. The number of hydrogen-bond donors (Lipinski definition) is 0. The van der Waals surface area contributed by atoms with Crippen molar-refractivity contribution >= 4 is 11.6 Å². The molecule has 1 aromatic rings. The molecule has 0 radical (unpaired) electrons. The monoisotopic (exact) mass is 172 g/mol. The van der Waals surface area contributed by atoms with Gasteiger partial charge in [-0.25, -0.2) is 0 Å². The van der Waals surface area contributed by atoms with Gasteiger partial charge in [0.05, 0.1) is 14.2 Å². The molecule has 1 rings (SSSR count). The van der Waals surface area contributed by atoms with E-state index in [0.717, 1.165) is 0 Å². The van der Waals surface area contributed by atoms with Crippen LogP contribution in [0.1, 0.15) is 0 Å². The summed E-state index contributed by atoms with van der Waals surface area (Å²) in [5.74, 6) is 1.34. The second kappa shape index (κ2) is 3.49. The van der Waals surface area contributed by atoms with Crippen molar-refractivity contribution in [1.29, 1.82) is 0 Å². The van der Waals surface area contributed by atoms with Gasteiger partial charge in [0.25, 0.3) is 0 Å². The quantitative estimate of drug-likeness (QED) is 0.682. The van der Waals surface area contributed by atoms with Crippen molar-refractivity contribution in [3.05, 3.63) is 23.2 Å². The number of halogens is 1.